The Balaban J connectivity index is 4.44. The van der Waals surface area contributed by atoms with Crippen molar-refractivity contribution in [3.63, 3.8) is 0 Å². The van der Waals surface area contributed by atoms with Crippen LogP contribution in [0.1, 0.15) is 34.1 Å². The van der Waals surface area contributed by atoms with E-state index in [1.54, 1.807) is 0 Å². The van der Waals surface area contributed by atoms with E-state index in [1.807, 2.05) is 5.70 Å². The van der Waals surface area contributed by atoms with Crippen LogP contribution in [0.4, 0.5) is 0 Å². The summed E-state index contributed by atoms with van der Waals surface area (Å²) in [5.74, 6) is 0. The molecule has 0 aromatic carbocycles. The fraction of sp³-hybridized carbons (Fsp3) is 0.778. The molecule has 0 aromatic heterocycles. The first-order valence-electron chi connectivity index (χ1n) is 4.31. The second-order valence-electron chi connectivity index (χ2n) is 3.50. The summed E-state index contributed by atoms with van der Waals surface area (Å²) in [5, 5.41) is 0. The van der Waals surface area contributed by atoms with Crippen LogP contribution in [0.3, 0.4) is 0 Å². The third-order valence-electron chi connectivity index (χ3n) is 2.57. The molecule has 0 aromatic rings. The smallest absolute Gasteiger partial charge is 0.161 e. The lowest BCUT2D eigenvalue weighted by Gasteiger charge is -2.30. The Kier molecular flexibility index (Phi) is 4.41. The van der Waals surface area contributed by atoms with Gasteiger partial charge in [0.1, 0.15) is 0 Å². The maximum absolute atomic E-state index is 6.53. The van der Waals surface area contributed by atoms with Crippen LogP contribution in [0, 0.1) is 0 Å². The topological polar surface area (TPSA) is 0 Å². The Morgan fingerprint density at radius 3 is 2.00 bits per heavy atom. The molecule has 0 spiro atoms. The van der Waals surface area contributed by atoms with Crippen LogP contribution in [-0.2, 0) is 0 Å². The summed E-state index contributed by atoms with van der Waals surface area (Å²) >= 11 is 6.53. The normalized spacial score (nSPS) is 19.5. The Morgan fingerprint density at radius 1 is 1.45 bits per heavy atom. The molecule has 2 heteroatoms. The predicted octanol–water partition coefficient (Wildman–Crippen LogP) is 4.11. The van der Waals surface area contributed by atoms with Crippen molar-refractivity contribution in [3.05, 3.63) is 12.3 Å². The molecule has 11 heavy (non-hydrogen) atoms. The molecule has 0 rings (SSSR count). The van der Waals surface area contributed by atoms with Crippen LogP contribution < -0.4 is 0 Å². The molecule has 0 aliphatic carbocycles. The highest BCUT2D eigenvalue weighted by atomic mass is 35.6. The van der Waals surface area contributed by atoms with Crippen molar-refractivity contribution >= 4 is 18.5 Å². The Bertz CT molecular complexity index is 134. The molecule has 0 heterocycles. The summed E-state index contributed by atoms with van der Waals surface area (Å²) in [7, 11) is -1.67. The summed E-state index contributed by atoms with van der Waals surface area (Å²) < 4.78 is 0. The second-order valence-corrected chi connectivity index (χ2v) is 9.66. The molecule has 0 N–H and O–H groups in total. The van der Waals surface area contributed by atoms with E-state index in [1.165, 1.54) is 6.42 Å². The van der Waals surface area contributed by atoms with Crippen molar-refractivity contribution in [1.29, 1.82) is 0 Å². The standard InChI is InChI=1S/C9H19ClSi/c1-6-9(5)11(10,7-2)8(3)4/h7-9H,2,6H2,1,3-5H3. The van der Waals surface area contributed by atoms with E-state index < -0.39 is 7.38 Å². The lowest BCUT2D eigenvalue weighted by atomic mass is 10.4. The molecule has 0 nitrogen and oxygen atoms in total. The molecule has 0 saturated carbocycles. The summed E-state index contributed by atoms with van der Waals surface area (Å²) in [6.45, 7) is 12.7. The average molecular weight is 191 g/mol. The summed E-state index contributed by atoms with van der Waals surface area (Å²) in [5.41, 5.74) is 3.26. The second kappa shape index (κ2) is 4.32. The van der Waals surface area contributed by atoms with E-state index >= 15 is 0 Å². The first kappa shape index (κ1) is 11.2. The van der Waals surface area contributed by atoms with Crippen molar-refractivity contribution in [3.8, 4) is 0 Å². The molecule has 0 aliphatic heterocycles. The van der Waals surface area contributed by atoms with E-state index in [0.29, 0.717) is 11.1 Å². The highest BCUT2D eigenvalue weighted by molar-refractivity contribution is 7.24. The van der Waals surface area contributed by atoms with Crippen LogP contribution in [0.25, 0.3) is 0 Å². The van der Waals surface area contributed by atoms with Gasteiger partial charge in [0.15, 0.2) is 7.38 Å². The average Bonchev–Trinajstić information content (AvgIpc) is 2.01. The van der Waals surface area contributed by atoms with E-state index in [2.05, 4.69) is 34.3 Å². The monoisotopic (exact) mass is 190 g/mol. The maximum atomic E-state index is 6.53. The van der Waals surface area contributed by atoms with Crippen LogP contribution in [0.2, 0.25) is 11.1 Å². The van der Waals surface area contributed by atoms with E-state index in [9.17, 15) is 0 Å². The maximum Gasteiger partial charge on any atom is 0.184 e. The van der Waals surface area contributed by atoms with Gasteiger partial charge >= 0.3 is 0 Å². The highest BCUT2D eigenvalue weighted by Gasteiger charge is 2.36. The Labute approximate surface area is 76.4 Å². The van der Waals surface area contributed by atoms with Gasteiger partial charge in [-0.1, -0.05) is 39.8 Å². The molecule has 0 amide bonds. The molecule has 0 saturated heterocycles. The zero-order valence-electron chi connectivity index (χ0n) is 8.02. The minimum atomic E-state index is -1.67. The first-order chi connectivity index (χ1) is 4.99. The molecular weight excluding hydrogens is 172 g/mol. The molecule has 0 aliphatic rings. The van der Waals surface area contributed by atoms with Crippen LogP contribution in [0.15, 0.2) is 12.3 Å². The zero-order chi connectivity index (χ0) is 9.07. The van der Waals surface area contributed by atoms with Gasteiger partial charge in [0, 0.05) is 0 Å². The number of hydrogen-bond donors (Lipinski definition) is 0. The lowest BCUT2D eigenvalue weighted by molar-refractivity contribution is 0.825. The number of rotatable bonds is 4. The fourth-order valence-electron chi connectivity index (χ4n) is 1.32. The number of hydrogen-bond acceptors (Lipinski definition) is 0. The first-order valence-corrected chi connectivity index (χ1v) is 7.55. The van der Waals surface area contributed by atoms with Crippen molar-refractivity contribution in [2.75, 3.05) is 0 Å². The van der Waals surface area contributed by atoms with Crippen LogP contribution in [-0.4, -0.2) is 7.38 Å². The van der Waals surface area contributed by atoms with Gasteiger partial charge in [-0.2, -0.15) is 11.1 Å². The van der Waals surface area contributed by atoms with Gasteiger partial charge in [-0.25, -0.2) is 0 Å². The Hall–Kier alpha value is 0.247. The van der Waals surface area contributed by atoms with Crippen molar-refractivity contribution < 1.29 is 0 Å². The molecule has 66 valence electrons. The van der Waals surface area contributed by atoms with Gasteiger partial charge in [-0.15, -0.1) is 6.58 Å². The van der Waals surface area contributed by atoms with Crippen molar-refractivity contribution in [2.24, 2.45) is 0 Å². The molecule has 2 atom stereocenters. The Morgan fingerprint density at radius 2 is 1.91 bits per heavy atom. The summed E-state index contributed by atoms with van der Waals surface area (Å²) in [6.07, 6.45) is 1.17. The molecule has 0 radical (unpaired) electrons. The highest BCUT2D eigenvalue weighted by Crippen LogP contribution is 2.38. The van der Waals surface area contributed by atoms with Gasteiger partial charge < -0.3 is 0 Å². The minimum Gasteiger partial charge on any atom is -0.161 e. The summed E-state index contributed by atoms with van der Waals surface area (Å²) in [6, 6.07) is 0. The fourth-order valence-corrected chi connectivity index (χ4v) is 4.42. The molecular formula is C9H19ClSi. The zero-order valence-corrected chi connectivity index (χ0v) is 9.78. The van der Waals surface area contributed by atoms with E-state index in [-0.39, 0.29) is 0 Å². The third-order valence-corrected chi connectivity index (χ3v) is 9.77. The van der Waals surface area contributed by atoms with E-state index in [0.717, 1.165) is 0 Å². The SMILES string of the molecule is C=C[Si](Cl)(C(C)C)C(C)CC. The molecule has 2 unspecified atom stereocenters. The molecule has 0 bridgehead atoms. The van der Waals surface area contributed by atoms with Crippen LogP contribution in [0.5, 0.6) is 0 Å². The van der Waals surface area contributed by atoms with Crippen molar-refractivity contribution in [1.82, 2.24) is 0 Å². The quantitative estimate of drug-likeness (QED) is 0.463. The minimum absolute atomic E-state index is 0.594. The van der Waals surface area contributed by atoms with Crippen molar-refractivity contribution in [2.45, 2.75) is 45.2 Å². The van der Waals surface area contributed by atoms with E-state index in [4.69, 9.17) is 11.1 Å². The number of halogens is 1. The summed E-state index contributed by atoms with van der Waals surface area (Å²) in [4.78, 5) is 0. The van der Waals surface area contributed by atoms with Gasteiger partial charge in [-0.3, -0.25) is 0 Å². The largest absolute Gasteiger partial charge is 0.184 e. The van der Waals surface area contributed by atoms with Crippen LogP contribution >= 0.6 is 11.1 Å². The predicted molar refractivity (Wildman–Crippen MR) is 56.6 cm³/mol. The molecule has 0 fully saturated rings. The van der Waals surface area contributed by atoms with Gasteiger partial charge in [0.05, 0.1) is 0 Å². The van der Waals surface area contributed by atoms with Gasteiger partial charge in [0.2, 0.25) is 0 Å². The third kappa shape index (κ3) is 2.34. The van der Waals surface area contributed by atoms with Gasteiger partial charge in [0.25, 0.3) is 0 Å². The van der Waals surface area contributed by atoms with Gasteiger partial charge in [-0.05, 0) is 11.1 Å². The lowest BCUT2D eigenvalue weighted by Crippen LogP contribution is -2.33.